The number of alkyl halides is 8. The summed E-state index contributed by atoms with van der Waals surface area (Å²) < 4.78 is 103. The Labute approximate surface area is 117 Å². The summed E-state index contributed by atoms with van der Waals surface area (Å²) in [4.78, 5) is 21.5. The summed E-state index contributed by atoms with van der Waals surface area (Å²) in [6.45, 7) is -3.96. The van der Waals surface area contributed by atoms with Gasteiger partial charge in [-0.2, -0.15) is 17.6 Å². The Morgan fingerprint density at radius 3 is 1.27 bits per heavy atom. The van der Waals surface area contributed by atoms with Crippen LogP contribution in [0.1, 0.15) is 0 Å². The lowest BCUT2D eigenvalue weighted by molar-refractivity contribution is -0.177. The first-order valence-electron chi connectivity index (χ1n) is 5.22. The molecule has 12 heteroatoms. The van der Waals surface area contributed by atoms with E-state index in [1.165, 1.54) is 0 Å². The highest BCUT2D eigenvalue weighted by Crippen LogP contribution is 2.23. The Balaban J connectivity index is 4.26. The van der Waals surface area contributed by atoms with Crippen LogP contribution in [0.25, 0.3) is 0 Å². The quantitative estimate of drug-likeness (QED) is 0.386. The lowest BCUT2D eigenvalue weighted by atomic mass is 10.4. The van der Waals surface area contributed by atoms with Gasteiger partial charge in [-0.05, 0) is 0 Å². The molecule has 0 heterocycles. The van der Waals surface area contributed by atoms with Gasteiger partial charge in [-0.1, -0.05) is 0 Å². The maximum atomic E-state index is 12.3. The Bertz CT molecular complexity index is 383. The summed E-state index contributed by atoms with van der Waals surface area (Å²) in [7, 11) is 0. The van der Waals surface area contributed by atoms with E-state index >= 15 is 0 Å². The van der Waals surface area contributed by atoms with Crippen LogP contribution in [0.5, 0.6) is 0 Å². The number of ether oxygens (including phenoxy) is 2. The minimum absolute atomic E-state index is 0.115. The zero-order valence-electron chi connectivity index (χ0n) is 10.4. The fraction of sp³-hybridized carbons (Fsp3) is 0.600. The van der Waals surface area contributed by atoms with Crippen LogP contribution >= 0.6 is 0 Å². The molecule has 0 saturated carbocycles. The first-order valence-corrected chi connectivity index (χ1v) is 5.22. The van der Waals surface area contributed by atoms with Gasteiger partial charge in [0.25, 0.3) is 0 Å². The highest BCUT2D eigenvalue weighted by molar-refractivity contribution is 5.91. The van der Waals surface area contributed by atoms with Crippen LogP contribution in [0.15, 0.2) is 12.2 Å². The van der Waals surface area contributed by atoms with Crippen molar-refractivity contribution in [3.63, 3.8) is 0 Å². The minimum atomic E-state index is -4.61. The van der Waals surface area contributed by atoms with Gasteiger partial charge in [-0.15, -0.1) is 0 Å². The smallest absolute Gasteiger partial charge is 0.340 e. The Kier molecular flexibility index (Phi) is 7.26. The summed E-state index contributed by atoms with van der Waals surface area (Å²) in [5.41, 5.74) is 0. The largest absolute Gasteiger partial charge is 0.456 e. The molecule has 0 spiro atoms. The van der Waals surface area contributed by atoms with Crippen LogP contribution in [0.3, 0.4) is 0 Å². The molecule has 0 radical (unpaired) electrons. The van der Waals surface area contributed by atoms with Crippen molar-refractivity contribution in [2.24, 2.45) is 0 Å². The van der Waals surface area contributed by atoms with E-state index in [9.17, 15) is 44.7 Å². The van der Waals surface area contributed by atoms with Crippen LogP contribution < -0.4 is 0 Å². The standard InChI is InChI=1S/C10H8F8O4/c11-7(12)9(15,16)3-21-5(19)1-2-6(20)22-4-10(17,18)8(13)14/h1-2,7-8H,3-4H2/b2-1-. The fourth-order valence-electron chi connectivity index (χ4n) is 0.693. The average Bonchev–Trinajstić information content (AvgIpc) is 2.40. The Morgan fingerprint density at radius 1 is 0.773 bits per heavy atom. The number of hydrogen-bond acceptors (Lipinski definition) is 4. The van der Waals surface area contributed by atoms with Crippen LogP contribution in [-0.2, 0) is 19.1 Å². The van der Waals surface area contributed by atoms with E-state index in [2.05, 4.69) is 9.47 Å². The van der Waals surface area contributed by atoms with Gasteiger partial charge in [0.05, 0.1) is 0 Å². The fourth-order valence-corrected chi connectivity index (χ4v) is 0.693. The molecule has 0 aliphatic rings. The van der Waals surface area contributed by atoms with Crippen LogP contribution in [-0.4, -0.2) is 49.8 Å². The van der Waals surface area contributed by atoms with Gasteiger partial charge in [0, 0.05) is 12.2 Å². The number of rotatable bonds is 8. The lowest BCUT2D eigenvalue weighted by Crippen LogP contribution is -2.33. The molecule has 0 amide bonds. The van der Waals surface area contributed by atoms with Crippen molar-refractivity contribution >= 4 is 11.9 Å². The molecule has 0 saturated heterocycles. The second-order valence-electron chi connectivity index (χ2n) is 3.67. The zero-order valence-corrected chi connectivity index (χ0v) is 10.4. The van der Waals surface area contributed by atoms with E-state index < -0.39 is 49.8 Å². The van der Waals surface area contributed by atoms with Crippen LogP contribution in [0, 0.1) is 0 Å². The number of carbonyl (C=O) groups is 2. The second-order valence-corrected chi connectivity index (χ2v) is 3.67. The molecule has 128 valence electrons. The normalized spacial score (nSPS) is 13.0. The predicted octanol–water partition coefficient (Wildman–Crippen LogP) is 2.43. The minimum Gasteiger partial charge on any atom is -0.456 e. The van der Waals surface area contributed by atoms with E-state index in [4.69, 9.17) is 0 Å². The summed E-state index contributed by atoms with van der Waals surface area (Å²) in [6.07, 6.45) is -7.95. The lowest BCUT2D eigenvalue weighted by Gasteiger charge is -2.14. The number of carbonyl (C=O) groups excluding carboxylic acids is 2. The zero-order chi connectivity index (χ0) is 17.6. The maximum absolute atomic E-state index is 12.3. The van der Waals surface area contributed by atoms with Gasteiger partial charge >= 0.3 is 36.6 Å². The van der Waals surface area contributed by atoms with Gasteiger partial charge < -0.3 is 9.47 Å². The third kappa shape index (κ3) is 7.22. The van der Waals surface area contributed by atoms with Gasteiger partial charge in [-0.25, -0.2) is 27.2 Å². The molecule has 22 heavy (non-hydrogen) atoms. The summed E-state index contributed by atoms with van der Waals surface area (Å²) in [5.74, 6) is -12.6. The SMILES string of the molecule is O=C(/C=C\C(=O)OCC(F)(F)C(F)F)OCC(F)(F)C(F)F. The Hall–Kier alpha value is -1.88. The van der Waals surface area contributed by atoms with Crippen molar-refractivity contribution < 1.29 is 54.2 Å². The molecule has 4 nitrogen and oxygen atoms in total. The van der Waals surface area contributed by atoms with Crippen molar-refractivity contribution in [2.45, 2.75) is 24.7 Å². The molecular formula is C10H8F8O4. The molecule has 0 aliphatic carbocycles. The number of halogens is 8. The maximum Gasteiger partial charge on any atom is 0.340 e. The van der Waals surface area contributed by atoms with Crippen LogP contribution in [0.2, 0.25) is 0 Å². The van der Waals surface area contributed by atoms with E-state index in [1.54, 1.807) is 0 Å². The van der Waals surface area contributed by atoms with Gasteiger partial charge in [-0.3, -0.25) is 0 Å². The molecular weight excluding hydrogens is 336 g/mol. The van der Waals surface area contributed by atoms with E-state index in [1.807, 2.05) is 0 Å². The topological polar surface area (TPSA) is 52.6 Å². The summed E-state index contributed by atoms with van der Waals surface area (Å²) in [5, 5.41) is 0. The second kappa shape index (κ2) is 7.94. The highest BCUT2D eigenvalue weighted by atomic mass is 19.3. The number of hydrogen-bond donors (Lipinski definition) is 0. The van der Waals surface area contributed by atoms with Gasteiger partial charge in [0.1, 0.15) is 0 Å². The third-order valence-corrected chi connectivity index (χ3v) is 1.81. The van der Waals surface area contributed by atoms with Gasteiger partial charge in [0.2, 0.25) is 0 Å². The molecule has 0 aromatic heterocycles. The predicted molar refractivity (Wildman–Crippen MR) is 53.0 cm³/mol. The van der Waals surface area contributed by atoms with Crippen molar-refractivity contribution in [3.8, 4) is 0 Å². The summed E-state index contributed by atoms with van der Waals surface area (Å²) in [6, 6.07) is 0. The molecule has 0 unspecified atom stereocenters. The van der Waals surface area contributed by atoms with E-state index in [-0.39, 0.29) is 12.2 Å². The molecule has 0 N–H and O–H groups in total. The average molecular weight is 344 g/mol. The molecule has 0 atom stereocenters. The molecule has 0 aliphatic heterocycles. The molecule has 0 aromatic carbocycles. The van der Waals surface area contributed by atoms with Crippen molar-refractivity contribution in [1.82, 2.24) is 0 Å². The molecule has 0 aromatic rings. The molecule has 0 rings (SSSR count). The first kappa shape index (κ1) is 20.1. The first-order chi connectivity index (χ1) is 9.88. The number of esters is 2. The third-order valence-electron chi connectivity index (χ3n) is 1.81. The van der Waals surface area contributed by atoms with E-state index in [0.717, 1.165) is 0 Å². The van der Waals surface area contributed by atoms with Crippen molar-refractivity contribution in [3.05, 3.63) is 12.2 Å². The van der Waals surface area contributed by atoms with Crippen molar-refractivity contribution in [2.75, 3.05) is 13.2 Å². The van der Waals surface area contributed by atoms with E-state index in [0.29, 0.717) is 0 Å². The molecule has 0 fully saturated rings. The Morgan fingerprint density at radius 2 is 1.05 bits per heavy atom. The van der Waals surface area contributed by atoms with Gasteiger partial charge in [0.15, 0.2) is 13.2 Å². The molecule has 0 bridgehead atoms. The van der Waals surface area contributed by atoms with Crippen molar-refractivity contribution in [1.29, 1.82) is 0 Å². The monoisotopic (exact) mass is 344 g/mol. The highest BCUT2D eigenvalue weighted by Gasteiger charge is 2.43. The summed E-state index contributed by atoms with van der Waals surface area (Å²) >= 11 is 0. The van der Waals surface area contributed by atoms with Crippen LogP contribution in [0.4, 0.5) is 35.1 Å².